The summed E-state index contributed by atoms with van der Waals surface area (Å²) in [5.74, 6) is -1.08. The first-order chi connectivity index (χ1) is 25.4. The molecule has 0 bridgehead atoms. The summed E-state index contributed by atoms with van der Waals surface area (Å²) >= 11 is 0. The maximum Gasteiger partial charge on any atom is 0.410 e. The number of aliphatic hydroxyl groups excluding tert-OH is 2. The molecule has 1 saturated carbocycles. The molecule has 2 heterocycles. The summed E-state index contributed by atoms with van der Waals surface area (Å²) in [6.45, 7) is 11.6. The van der Waals surface area contributed by atoms with Gasteiger partial charge in [0.25, 0.3) is 0 Å². The molecule has 0 aromatic heterocycles. The van der Waals surface area contributed by atoms with Crippen LogP contribution in [0.1, 0.15) is 84.6 Å². The molecule has 11 nitrogen and oxygen atoms in total. The Morgan fingerprint density at radius 3 is 2.34 bits per heavy atom. The largest absolute Gasteiger partial charge is 0.464 e. The second-order valence-corrected chi connectivity index (χ2v) is 15.8. The molecule has 11 heteroatoms. The van der Waals surface area contributed by atoms with Gasteiger partial charge in [-0.3, -0.25) is 14.5 Å². The molecule has 2 N–H and O–H groups in total. The van der Waals surface area contributed by atoms with Gasteiger partial charge in [0.1, 0.15) is 19.3 Å². The number of piperazine rings is 1. The monoisotopic (exact) mass is 735 g/mol. The van der Waals surface area contributed by atoms with Gasteiger partial charge in [-0.15, -0.1) is 0 Å². The number of benzene rings is 1. The van der Waals surface area contributed by atoms with Crippen molar-refractivity contribution in [3.05, 3.63) is 59.7 Å². The van der Waals surface area contributed by atoms with Crippen LogP contribution in [0.4, 0.5) is 4.79 Å². The Kier molecular flexibility index (Phi) is 16.8. The first-order valence-electron chi connectivity index (χ1n) is 19.6. The average molecular weight is 736 g/mol. The number of allylic oxidation sites excluding steroid dienone is 2. The molecule has 0 spiro atoms. The number of rotatable bonds is 7. The molecule has 4 rings (SSSR count). The molecular formula is C42H61N3O8. The molecule has 53 heavy (non-hydrogen) atoms. The SMILES string of the molecule is C[C@@H]1C[C@H](C)C[C@H](C)[C@@H](O)CC(=O)O[C@H]([C@@H]2CCC[C@H]2C(=O)OCCN2CCN(C(=O)OCc3ccccc3)CC2)C/C=C/C=C(/C#N)[C@H](O)[C@@H](C)C1. The molecule has 9 atom stereocenters. The number of cyclic esters (lactones) is 1. The van der Waals surface area contributed by atoms with Crippen LogP contribution in [0.3, 0.4) is 0 Å². The van der Waals surface area contributed by atoms with E-state index in [1.165, 1.54) is 0 Å². The van der Waals surface area contributed by atoms with Gasteiger partial charge in [-0.25, -0.2) is 4.79 Å². The highest BCUT2D eigenvalue weighted by molar-refractivity contribution is 5.74. The fourth-order valence-electron chi connectivity index (χ4n) is 8.30. The number of aliphatic hydroxyl groups is 2. The summed E-state index contributed by atoms with van der Waals surface area (Å²) in [5, 5.41) is 31.8. The van der Waals surface area contributed by atoms with Gasteiger partial charge in [0.2, 0.25) is 0 Å². The van der Waals surface area contributed by atoms with E-state index in [9.17, 15) is 29.9 Å². The lowest BCUT2D eigenvalue weighted by Crippen LogP contribution is -2.49. The third-order valence-electron chi connectivity index (χ3n) is 11.3. The molecule has 2 fully saturated rings. The van der Waals surface area contributed by atoms with E-state index < -0.39 is 30.2 Å². The number of hydrogen-bond acceptors (Lipinski definition) is 10. The molecule has 0 radical (unpaired) electrons. The maximum atomic E-state index is 13.5. The van der Waals surface area contributed by atoms with E-state index in [1.807, 2.05) is 50.3 Å². The molecule has 2 aliphatic heterocycles. The van der Waals surface area contributed by atoms with Gasteiger partial charge in [0.05, 0.1) is 36.2 Å². The molecule has 0 unspecified atom stereocenters. The second-order valence-electron chi connectivity index (χ2n) is 15.8. The Morgan fingerprint density at radius 2 is 1.64 bits per heavy atom. The predicted octanol–water partition coefficient (Wildman–Crippen LogP) is 6.05. The molecule has 1 saturated heterocycles. The normalized spacial score (nSPS) is 32.9. The summed E-state index contributed by atoms with van der Waals surface area (Å²) in [7, 11) is 0. The topological polar surface area (TPSA) is 150 Å². The minimum Gasteiger partial charge on any atom is -0.464 e. The summed E-state index contributed by atoms with van der Waals surface area (Å²) < 4.78 is 17.3. The van der Waals surface area contributed by atoms with Crippen LogP contribution in [-0.2, 0) is 30.4 Å². The number of amides is 1. The Labute approximate surface area is 315 Å². The number of hydrogen-bond donors (Lipinski definition) is 2. The van der Waals surface area contributed by atoms with Crippen molar-refractivity contribution in [3.63, 3.8) is 0 Å². The number of carbonyl (C=O) groups is 3. The van der Waals surface area contributed by atoms with Crippen LogP contribution in [0, 0.1) is 46.8 Å². The lowest BCUT2D eigenvalue weighted by Gasteiger charge is -2.34. The number of nitriles is 1. The average Bonchev–Trinajstić information content (AvgIpc) is 3.63. The van der Waals surface area contributed by atoms with Crippen LogP contribution in [0.15, 0.2) is 54.1 Å². The summed E-state index contributed by atoms with van der Waals surface area (Å²) in [4.78, 5) is 43.1. The molecule has 292 valence electrons. The Hall–Kier alpha value is -3.72. The van der Waals surface area contributed by atoms with Gasteiger partial charge in [0.15, 0.2) is 0 Å². The van der Waals surface area contributed by atoms with Crippen LogP contribution in [0.25, 0.3) is 0 Å². The number of esters is 2. The first-order valence-corrected chi connectivity index (χ1v) is 19.6. The summed E-state index contributed by atoms with van der Waals surface area (Å²) in [6.07, 6.45) is 7.21. The third kappa shape index (κ3) is 13.3. The standard InChI is InChI=1S/C42H61N3O8/c1-29-23-30(2)25-32(4)40(48)34(27-43)13-8-9-16-38(53-39(47)26-37(46)31(3)24-29)35-14-10-15-36(35)41(49)51-22-21-44-17-19-45(20-18-44)42(50)52-28-33-11-6-5-7-12-33/h5-9,11-13,29-32,35-38,40,46,48H,10,14-26,28H2,1-4H3/b9-8+,34-13-/t29-,30+,31-,32-,35+,36+,37-,38-,40+/m0/s1. The van der Waals surface area contributed by atoms with E-state index in [2.05, 4.69) is 24.8 Å². The number of carbonyl (C=O) groups excluding carboxylic acids is 3. The molecule has 1 aromatic rings. The molecular weight excluding hydrogens is 674 g/mol. The van der Waals surface area contributed by atoms with E-state index in [4.69, 9.17) is 14.2 Å². The van der Waals surface area contributed by atoms with Crippen molar-refractivity contribution < 1.29 is 38.8 Å². The van der Waals surface area contributed by atoms with Gasteiger partial charge in [-0.1, -0.05) is 76.6 Å². The van der Waals surface area contributed by atoms with Crippen molar-refractivity contribution in [1.29, 1.82) is 5.26 Å². The predicted molar refractivity (Wildman–Crippen MR) is 201 cm³/mol. The highest BCUT2D eigenvalue weighted by Gasteiger charge is 2.41. The van der Waals surface area contributed by atoms with Crippen LogP contribution >= 0.6 is 0 Å². The Balaban J connectivity index is 1.34. The van der Waals surface area contributed by atoms with Crippen molar-refractivity contribution in [1.82, 2.24) is 9.80 Å². The minimum absolute atomic E-state index is 0.101. The highest BCUT2D eigenvalue weighted by atomic mass is 16.6. The fourth-order valence-corrected chi connectivity index (χ4v) is 8.30. The van der Waals surface area contributed by atoms with Crippen molar-refractivity contribution >= 4 is 18.0 Å². The van der Waals surface area contributed by atoms with Gasteiger partial charge >= 0.3 is 18.0 Å². The molecule has 1 aromatic carbocycles. The molecule has 3 aliphatic rings. The van der Waals surface area contributed by atoms with Crippen molar-refractivity contribution in [2.45, 2.75) is 104 Å². The minimum atomic E-state index is -0.894. The highest BCUT2D eigenvalue weighted by Crippen LogP contribution is 2.38. The quantitative estimate of drug-likeness (QED) is 0.251. The van der Waals surface area contributed by atoms with E-state index in [-0.39, 0.29) is 55.0 Å². The van der Waals surface area contributed by atoms with Crippen LogP contribution in [-0.4, -0.2) is 95.7 Å². The van der Waals surface area contributed by atoms with Gasteiger partial charge in [-0.2, -0.15) is 5.26 Å². The Morgan fingerprint density at radius 1 is 0.943 bits per heavy atom. The van der Waals surface area contributed by atoms with Gasteiger partial charge in [-0.05, 0) is 67.4 Å². The lowest BCUT2D eigenvalue weighted by atomic mass is 9.82. The van der Waals surface area contributed by atoms with Crippen LogP contribution < -0.4 is 0 Å². The molecule has 1 aliphatic carbocycles. The van der Waals surface area contributed by atoms with Crippen molar-refractivity contribution in [3.8, 4) is 6.07 Å². The second kappa shape index (κ2) is 21.2. The van der Waals surface area contributed by atoms with Gasteiger partial charge in [0, 0.05) is 45.1 Å². The van der Waals surface area contributed by atoms with E-state index in [0.29, 0.717) is 63.8 Å². The number of nitrogens with zero attached hydrogens (tertiary/aromatic N) is 3. The van der Waals surface area contributed by atoms with Crippen molar-refractivity contribution in [2.75, 3.05) is 39.3 Å². The van der Waals surface area contributed by atoms with E-state index >= 15 is 0 Å². The van der Waals surface area contributed by atoms with Crippen LogP contribution in [0.5, 0.6) is 0 Å². The maximum absolute atomic E-state index is 13.5. The Bertz CT molecular complexity index is 1420. The molecule has 1 amide bonds. The zero-order valence-electron chi connectivity index (χ0n) is 32.1. The van der Waals surface area contributed by atoms with Crippen LogP contribution in [0.2, 0.25) is 0 Å². The number of ether oxygens (including phenoxy) is 3. The van der Waals surface area contributed by atoms with E-state index in [1.54, 1.807) is 17.1 Å². The third-order valence-corrected chi connectivity index (χ3v) is 11.3. The first kappa shape index (κ1) is 42.0. The smallest absolute Gasteiger partial charge is 0.410 e. The lowest BCUT2D eigenvalue weighted by molar-refractivity contribution is -0.161. The zero-order valence-corrected chi connectivity index (χ0v) is 32.1. The summed E-state index contributed by atoms with van der Waals surface area (Å²) in [5.41, 5.74) is 1.22. The van der Waals surface area contributed by atoms with Gasteiger partial charge < -0.3 is 29.3 Å². The zero-order chi connectivity index (χ0) is 38.3. The van der Waals surface area contributed by atoms with E-state index in [0.717, 1.165) is 31.2 Å². The fraction of sp³-hybridized carbons (Fsp3) is 0.667. The van der Waals surface area contributed by atoms with Crippen molar-refractivity contribution in [2.24, 2.45) is 35.5 Å². The summed E-state index contributed by atoms with van der Waals surface area (Å²) in [6, 6.07) is 11.7.